The molecule has 1 N–H and O–H groups in total. The third-order valence-electron chi connectivity index (χ3n) is 7.06. The highest BCUT2D eigenvalue weighted by Crippen LogP contribution is 2.27. The number of benzene rings is 3. The van der Waals surface area contributed by atoms with Gasteiger partial charge in [0.25, 0.3) is 0 Å². The number of anilines is 1. The van der Waals surface area contributed by atoms with Crippen LogP contribution in [0.15, 0.2) is 66.7 Å². The lowest BCUT2D eigenvalue weighted by atomic mass is 10.0. The zero-order valence-corrected chi connectivity index (χ0v) is 20.9. The summed E-state index contributed by atoms with van der Waals surface area (Å²) in [7, 11) is 0. The number of nitrogens with zero attached hydrogens (tertiary/aromatic N) is 1. The first-order valence-corrected chi connectivity index (χ1v) is 12.8. The minimum absolute atomic E-state index is 0.0234. The zero-order valence-electron chi connectivity index (χ0n) is 20.9. The SMILES string of the molecule is Cc1cc(C)c(NC(=O)N(Cc2ccc(Cc3ccccc3)cc2)C2CCCCCC2)c(C)c1. The van der Waals surface area contributed by atoms with Gasteiger partial charge in [0, 0.05) is 18.3 Å². The first kappa shape index (κ1) is 24.1. The largest absolute Gasteiger partial charge is 0.322 e. The van der Waals surface area contributed by atoms with Gasteiger partial charge in [-0.2, -0.15) is 0 Å². The van der Waals surface area contributed by atoms with E-state index in [2.05, 4.69) is 97.7 Å². The zero-order chi connectivity index (χ0) is 23.9. The molecule has 0 spiro atoms. The average molecular weight is 455 g/mol. The van der Waals surface area contributed by atoms with Gasteiger partial charge in [0.15, 0.2) is 0 Å². The molecule has 0 heterocycles. The molecule has 3 aromatic carbocycles. The van der Waals surface area contributed by atoms with E-state index in [0.717, 1.165) is 36.1 Å². The van der Waals surface area contributed by atoms with Crippen LogP contribution >= 0.6 is 0 Å². The van der Waals surface area contributed by atoms with Crippen LogP contribution in [-0.2, 0) is 13.0 Å². The topological polar surface area (TPSA) is 32.3 Å². The van der Waals surface area contributed by atoms with E-state index in [1.54, 1.807) is 0 Å². The van der Waals surface area contributed by atoms with Gasteiger partial charge >= 0.3 is 6.03 Å². The Morgan fingerprint density at radius 2 is 1.35 bits per heavy atom. The average Bonchev–Trinajstić information content (AvgIpc) is 3.11. The molecule has 178 valence electrons. The van der Waals surface area contributed by atoms with Crippen LogP contribution in [0.4, 0.5) is 10.5 Å². The predicted octanol–water partition coefficient (Wildman–Crippen LogP) is 7.96. The van der Waals surface area contributed by atoms with Crippen LogP contribution < -0.4 is 5.32 Å². The number of hydrogen-bond acceptors (Lipinski definition) is 1. The second-order valence-corrected chi connectivity index (χ2v) is 9.96. The summed E-state index contributed by atoms with van der Waals surface area (Å²) < 4.78 is 0. The molecule has 3 heteroatoms. The molecule has 34 heavy (non-hydrogen) atoms. The second kappa shape index (κ2) is 11.4. The molecular formula is C31H38N2O. The van der Waals surface area contributed by atoms with Crippen LogP contribution in [0.5, 0.6) is 0 Å². The van der Waals surface area contributed by atoms with Crippen LogP contribution in [0.1, 0.15) is 71.9 Å². The maximum absolute atomic E-state index is 13.6. The maximum Gasteiger partial charge on any atom is 0.322 e. The van der Waals surface area contributed by atoms with Crippen molar-refractivity contribution in [2.24, 2.45) is 0 Å². The van der Waals surface area contributed by atoms with Crippen molar-refractivity contribution in [1.29, 1.82) is 0 Å². The lowest BCUT2D eigenvalue weighted by Gasteiger charge is -2.32. The van der Waals surface area contributed by atoms with Crippen molar-refractivity contribution in [3.8, 4) is 0 Å². The predicted molar refractivity (Wildman–Crippen MR) is 142 cm³/mol. The summed E-state index contributed by atoms with van der Waals surface area (Å²) >= 11 is 0. The molecule has 3 aromatic rings. The standard InChI is InChI=1S/C31H38N2O/c1-23-19-24(2)30(25(3)20-23)32-31(34)33(29-13-9-4-5-10-14-29)22-28-17-15-27(16-18-28)21-26-11-7-6-8-12-26/h6-8,11-12,15-20,29H,4-5,9-10,13-14,21-22H2,1-3H3,(H,32,34). The fraction of sp³-hybridized carbons (Fsp3) is 0.387. The molecule has 0 unspecified atom stereocenters. The fourth-order valence-corrected chi connectivity index (χ4v) is 5.28. The van der Waals surface area contributed by atoms with Gasteiger partial charge in [0.2, 0.25) is 0 Å². The minimum Gasteiger partial charge on any atom is -0.317 e. The van der Waals surface area contributed by atoms with Gasteiger partial charge < -0.3 is 10.2 Å². The minimum atomic E-state index is 0.0234. The molecule has 1 fully saturated rings. The van der Waals surface area contributed by atoms with Crippen molar-refractivity contribution in [3.63, 3.8) is 0 Å². The highest BCUT2D eigenvalue weighted by atomic mass is 16.2. The number of amides is 2. The summed E-state index contributed by atoms with van der Waals surface area (Å²) in [6, 6.07) is 24.0. The Morgan fingerprint density at radius 3 is 1.97 bits per heavy atom. The number of carbonyl (C=O) groups excluding carboxylic acids is 1. The van der Waals surface area contributed by atoms with Gasteiger partial charge in [-0.1, -0.05) is 98.0 Å². The number of carbonyl (C=O) groups is 1. The van der Waals surface area contributed by atoms with E-state index in [1.807, 2.05) is 0 Å². The number of rotatable bonds is 6. The van der Waals surface area contributed by atoms with Crippen LogP contribution in [0.25, 0.3) is 0 Å². The Hall–Kier alpha value is -3.07. The van der Waals surface area contributed by atoms with Crippen LogP contribution in [0, 0.1) is 20.8 Å². The van der Waals surface area contributed by atoms with Crippen molar-refractivity contribution >= 4 is 11.7 Å². The number of hydrogen-bond donors (Lipinski definition) is 1. The molecule has 0 saturated heterocycles. The van der Waals surface area contributed by atoms with Crippen molar-refractivity contribution < 1.29 is 4.79 Å². The summed E-state index contributed by atoms with van der Waals surface area (Å²) in [6.07, 6.45) is 8.06. The third-order valence-corrected chi connectivity index (χ3v) is 7.06. The Kier molecular flexibility index (Phi) is 8.05. The Balaban J connectivity index is 1.52. The van der Waals surface area contributed by atoms with Crippen molar-refractivity contribution in [2.45, 2.75) is 78.3 Å². The number of urea groups is 1. The molecule has 1 saturated carbocycles. The molecule has 3 nitrogen and oxygen atoms in total. The van der Waals surface area contributed by atoms with E-state index in [9.17, 15) is 4.79 Å². The monoisotopic (exact) mass is 454 g/mol. The molecule has 0 bridgehead atoms. The van der Waals surface area contributed by atoms with Gasteiger partial charge in [-0.25, -0.2) is 4.79 Å². The summed E-state index contributed by atoms with van der Waals surface area (Å²) in [5.74, 6) is 0. The smallest absolute Gasteiger partial charge is 0.317 e. The number of nitrogens with one attached hydrogen (secondary N) is 1. The maximum atomic E-state index is 13.6. The van der Waals surface area contributed by atoms with E-state index in [4.69, 9.17) is 0 Å². The Labute approximate surface area is 205 Å². The molecule has 0 aliphatic heterocycles. The summed E-state index contributed by atoms with van der Waals surface area (Å²) in [5, 5.41) is 3.27. The highest BCUT2D eigenvalue weighted by Gasteiger charge is 2.25. The molecule has 0 radical (unpaired) electrons. The lowest BCUT2D eigenvalue weighted by molar-refractivity contribution is 0.175. The van der Waals surface area contributed by atoms with Crippen molar-refractivity contribution in [3.05, 3.63) is 100 Å². The highest BCUT2D eigenvalue weighted by molar-refractivity contribution is 5.91. The quantitative estimate of drug-likeness (QED) is 0.376. The van der Waals surface area contributed by atoms with Gasteiger partial charge in [-0.3, -0.25) is 0 Å². The summed E-state index contributed by atoms with van der Waals surface area (Å²) in [4.78, 5) is 15.7. The van der Waals surface area contributed by atoms with Crippen molar-refractivity contribution in [2.75, 3.05) is 5.32 Å². The van der Waals surface area contributed by atoms with Gasteiger partial charge in [0.05, 0.1) is 0 Å². The molecule has 2 amide bonds. The van der Waals surface area contributed by atoms with E-state index < -0.39 is 0 Å². The molecule has 0 aromatic heterocycles. The lowest BCUT2D eigenvalue weighted by Crippen LogP contribution is -2.42. The number of aryl methyl sites for hydroxylation is 3. The summed E-state index contributed by atoms with van der Waals surface area (Å²) in [5.41, 5.74) is 8.23. The third kappa shape index (κ3) is 6.28. The first-order valence-electron chi connectivity index (χ1n) is 12.8. The van der Waals surface area contributed by atoms with E-state index in [0.29, 0.717) is 6.54 Å². The van der Waals surface area contributed by atoms with Crippen LogP contribution in [-0.4, -0.2) is 17.0 Å². The molecule has 1 aliphatic carbocycles. The van der Waals surface area contributed by atoms with Crippen LogP contribution in [0.2, 0.25) is 0 Å². The molecule has 1 aliphatic rings. The normalized spacial score (nSPS) is 14.4. The van der Waals surface area contributed by atoms with E-state index in [-0.39, 0.29) is 12.1 Å². The Morgan fingerprint density at radius 1 is 0.794 bits per heavy atom. The van der Waals surface area contributed by atoms with Crippen LogP contribution in [0.3, 0.4) is 0 Å². The summed E-state index contributed by atoms with van der Waals surface area (Å²) in [6.45, 7) is 6.91. The van der Waals surface area contributed by atoms with E-state index >= 15 is 0 Å². The fourth-order valence-electron chi connectivity index (χ4n) is 5.28. The van der Waals surface area contributed by atoms with E-state index in [1.165, 1.54) is 47.9 Å². The first-order chi connectivity index (χ1) is 16.5. The Bertz CT molecular complexity index is 1060. The van der Waals surface area contributed by atoms with Gasteiger partial charge in [0.1, 0.15) is 0 Å². The molecular weight excluding hydrogens is 416 g/mol. The van der Waals surface area contributed by atoms with Gasteiger partial charge in [-0.15, -0.1) is 0 Å². The molecule has 0 atom stereocenters. The second-order valence-electron chi connectivity index (χ2n) is 9.96. The molecule has 4 rings (SSSR count). The van der Waals surface area contributed by atoms with Crippen molar-refractivity contribution in [1.82, 2.24) is 4.90 Å². The van der Waals surface area contributed by atoms with Gasteiger partial charge in [-0.05, 0) is 67.9 Å².